The van der Waals surface area contributed by atoms with Crippen LogP contribution in [0, 0.1) is 0 Å². The topological polar surface area (TPSA) is 111 Å². The molecule has 1 fully saturated rings. The van der Waals surface area contributed by atoms with Gasteiger partial charge in [0, 0.05) is 18.8 Å². The Bertz CT molecular complexity index is 1060. The maximum atomic E-state index is 12.9. The van der Waals surface area contributed by atoms with E-state index in [2.05, 4.69) is 5.32 Å². The number of halogens is 1. The molecule has 1 N–H and O–H groups in total. The normalized spacial score (nSPS) is 15.6. The molecule has 0 spiro atoms. The highest BCUT2D eigenvalue weighted by molar-refractivity contribution is 7.89. The van der Waals surface area contributed by atoms with Crippen molar-refractivity contribution >= 4 is 39.2 Å². The molecule has 11 heteroatoms. The van der Waals surface area contributed by atoms with Gasteiger partial charge in [0.2, 0.25) is 10.0 Å². The van der Waals surface area contributed by atoms with Crippen LogP contribution in [0.5, 0.6) is 5.75 Å². The molecule has 3 rings (SSSR count). The first-order valence-corrected chi connectivity index (χ1v) is 11.6. The molecule has 32 heavy (non-hydrogen) atoms. The first-order chi connectivity index (χ1) is 15.3. The highest BCUT2D eigenvalue weighted by Gasteiger charge is 2.28. The summed E-state index contributed by atoms with van der Waals surface area (Å²) in [5.41, 5.74) is 0.205. The number of nitrogens with one attached hydrogen (secondary N) is 1. The molecule has 2 aromatic rings. The lowest BCUT2D eigenvalue weighted by molar-refractivity contribution is -0.153. The third-order valence-electron chi connectivity index (χ3n) is 4.54. The van der Waals surface area contributed by atoms with Crippen molar-refractivity contribution in [1.82, 2.24) is 4.31 Å². The van der Waals surface area contributed by atoms with Crippen molar-refractivity contribution in [1.29, 1.82) is 0 Å². The van der Waals surface area contributed by atoms with Gasteiger partial charge in [-0.2, -0.15) is 4.31 Å². The maximum Gasteiger partial charge on any atom is 0.347 e. The smallest absolute Gasteiger partial charge is 0.347 e. The minimum Gasteiger partial charge on any atom is -0.479 e. The van der Waals surface area contributed by atoms with Gasteiger partial charge in [-0.3, -0.25) is 4.79 Å². The molecule has 1 atom stereocenters. The third-order valence-corrected chi connectivity index (χ3v) is 6.92. The van der Waals surface area contributed by atoms with Crippen LogP contribution < -0.4 is 10.1 Å². The van der Waals surface area contributed by atoms with E-state index in [1.54, 1.807) is 24.3 Å². The molecule has 0 aromatic heterocycles. The van der Waals surface area contributed by atoms with E-state index in [1.165, 1.54) is 29.4 Å². The first-order valence-electron chi connectivity index (χ1n) is 9.83. The molecule has 1 aliphatic rings. The molecule has 0 saturated carbocycles. The highest BCUT2D eigenvalue weighted by atomic mass is 35.5. The summed E-state index contributed by atoms with van der Waals surface area (Å²) in [6.07, 6.45) is -0.911. The summed E-state index contributed by atoms with van der Waals surface area (Å²) in [5, 5.41) is 2.54. The van der Waals surface area contributed by atoms with E-state index in [4.69, 9.17) is 25.8 Å². The summed E-state index contributed by atoms with van der Waals surface area (Å²) in [4.78, 5) is 24.2. The Morgan fingerprint density at radius 3 is 2.53 bits per heavy atom. The summed E-state index contributed by atoms with van der Waals surface area (Å²) in [6.45, 7) is 1.98. The van der Waals surface area contributed by atoms with E-state index in [1.807, 2.05) is 6.07 Å². The lowest BCUT2D eigenvalue weighted by Gasteiger charge is -2.26. The van der Waals surface area contributed by atoms with Crippen molar-refractivity contribution in [2.75, 3.05) is 38.2 Å². The summed E-state index contributed by atoms with van der Waals surface area (Å²) in [5.74, 6) is -0.852. The van der Waals surface area contributed by atoms with Crippen molar-refractivity contribution < 1.29 is 32.2 Å². The van der Waals surface area contributed by atoms with Gasteiger partial charge >= 0.3 is 5.97 Å². The number of ether oxygens (including phenoxy) is 3. The molecule has 1 unspecified atom stereocenters. The number of anilines is 1. The van der Waals surface area contributed by atoms with Gasteiger partial charge in [-0.05, 0) is 37.3 Å². The molecule has 2 aromatic carbocycles. The number of para-hydroxylation sites is 1. The van der Waals surface area contributed by atoms with E-state index >= 15 is 0 Å². The monoisotopic (exact) mass is 482 g/mol. The molecule has 172 valence electrons. The van der Waals surface area contributed by atoms with Gasteiger partial charge in [0.15, 0.2) is 12.7 Å². The van der Waals surface area contributed by atoms with E-state index in [0.717, 1.165) is 0 Å². The highest BCUT2D eigenvalue weighted by Crippen LogP contribution is 2.28. The quantitative estimate of drug-likeness (QED) is 0.574. The number of amides is 1. The van der Waals surface area contributed by atoms with Gasteiger partial charge < -0.3 is 19.5 Å². The Balaban J connectivity index is 1.58. The van der Waals surface area contributed by atoms with Crippen LogP contribution in [-0.4, -0.2) is 63.6 Å². The lowest BCUT2D eigenvalue weighted by Crippen LogP contribution is -2.40. The number of hydrogen-bond donors (Lipinski definition) is 1. The molecule has 1 aliphatic heterocycles. The zero-order valence-corrected chi connectivity index (χ0v) is 18.9. The largest absolute Gasteiger partial charge is 0.479 e. The zero-order valence-electron chi connectivity index (χ0n) is 17.3. The standard InChI is InChI=1S/C21H23ClN2O7S/c1-15(31-17-5-3-2-4-6-17)21(26)30-14-20(25)23-16-7-8-18(22)19(13-16)32(27,28)24-9-11-29-12-10-24/h2-8,13,15H,9-12,14H2,1H3,(H,23,25). The number of carbonyl (C=O) groups is 2. The Labute approximate surface area is 191 Å². The predicted molar refractivity (Wildman–Crippen MR) is 117 cm³/mol. The van der Waals surface area contributed by atoms with Crippen LogP contribution in [0.15, 0.2) is 53.4 Å². The number of carbonyl (C=O) groups excluding carboxylic acids is 2. The molecule has 0 aliphatic carbocycles. The number of morpholine rings is 1. The van der Waals surface area contributed by atoms with Crippen LogP contribution in [0.25, 0.3) is 0 Å². The fourth-order valence-electron chi connectivity index (χ4n) is 2.91. The number of benzene rings is 2. The molecule has 1 amide bonds. The zero-order chi connectivity index (χ0) is 23.1. The number of hydrogen-bond acceptors (Lipinski definition) is 7. The summed E-state index contributed by atoms with van der Waals surface area (Å²) >= 11 is 6.11. The summed E-state index contributed by atoms with van der Waals surface area (Å²) in [7, 11) is -3.85. The number of rotatable bonds is 8. The van der Waals surface area contributed by atoms with E-state index in [-0.39, 0.29) is 28.7 Å². The van der Waals surface area contributed by atoms with Crippen molar-refractivity contribution in [3.8, 4) is 5.75 Å². The second kappa shape index (κ2) is 10.8. The molecule has 1 saturated heterocycles. The third kappa shape index (κ3) is 6.19. The van der Waals surface area contributed by atoms with Crippen LogP contribution in [-0.2, 0) is 29.1 Å². The maximum absolute atomic E-state index is 12.9. The van der Waals surface area contributed by atoms with Crippen molar-refractivity contribution in [2.45, 2.75) is 17.9 Å². The Hall–Kier alpha value is -2.66. The summed E-state index contributed by atoms with van der Waals surface area (Å²) < 4.78 is 42.6. The van der Waals surface area contributed by atoms with Gasteiger partial charge in [-0.1, -0.05) is 29.8 Å². The van der Waals surface area contributed by atoms with Crippen LogP contribution in [0.4, 0.5) is 5.69 Å². The average molecular weight is 483 g/mol. The van der Waals surface area contributed by atoms with Crippen molar-refractivity contribution in [3.63, 3.8) is 0 Å². The van der Waals surface area contributed by atoms with Crippen molar-refractivity contribution in [2.24, 2.45) is 0 Å². The predicted octanol–water partition coefficient (Wildman–Crippen LogP) is 2.31. The second-order valence-corrected chi connectivity index (χ2v) is 9.20. The second-order valence-electron chi connectivity index (χ2n) is 6.89. The average Bonchev–Trinajstić information content (AvgIpc) is 2.80. The minimum atomic E-state index is -3.85. The van der Waals surface area contributed by atoms with Gasteiger partial charge in [0.05, 0.1) is 18.2 Å². The van der Waals surface area contributed by atoms with Crippen LogP contribution >= 0.6 is 11.6 Å². The lowest BCUT2D eigenvalue weighted by atomic mass is 10.3. The number of sulfonamides is 1. The van der Waals surface area contributed by atoms with Crippen LogP contribution in [0.3, 0.4) is 0 Å². The molecule has 0 bridgehead atoms. The SMILES string of the molecule is CC(Oc1ccccc1)C(=O)OCC(=O)Nc1ccc(Cl)c(S(=O)(=O)N2CCOCC2)c1. The molecule has 0 radical (unpaired) electrons. The van der Waals surface area contributed by atoms with Crippen molar-refractivity contribution in [3.05, 3.63) is 53.6 Å². The minimum absolute atomic E-state index is 0.0350. The number of nitrogens with zero attached hydrogens (tertiary/aromatic N) is 1. The molecule has 9 nitrogen and oxygen atoms in total. The first kappa shape index (κ1) is 24.0. The molecular formula is C21H23ClN2O7S. The van der Waals surface area contributed by atoms with Gasteiger partial charge in [-0.25, -0.2) is 13.2 Å². The van der Waals surface area contributed by atoms with Gasteiger partial charge in [-0.15, -0.1) is 0 Å². The molecule has 1 heterocycles. The number of esters is 1. The van der Waals surface area contributed by atoms with Crippen LogP contribution in [0.2, 0.25) is 5.02 Å². The fourth-order valence-corrected chi connectivity index (χ4v) is 4.82. The Kier molecular flexibility index (Phi) is 8.08. The fraction of sp³-hybridized carbons (Fsp3) is 0.333. The van der Waals surface area contributed by atoms with E-state index in [9.17, 15) is 18.0 Å². The van der Waals surface area contributed by atoms with Gasteiger partial charge in [0.25, 0.3) is 5.91 Å². The van der Waals surface area contributed by atoms with Crippen LogP contribution in [0.1, 0.15) is 6.92 Å². The van der Waals surface area contributed by atoms with E-state index in [0.29, 0.717) is 19.0 Å². The molecular weight excluding hydrogens is 460 g/mol. The van der Waals surface area contributed by atoms with E-state index < -0.39 is 34.6 Å². The Morgan fingerprint density at radius 1 is 1.16 bits per heavy atom. The van der Waals surface area contributed by atoms with Gasteiger partial charge in [0.1, 0.15) is 10.6 Å². The summed E-state index contributed by atoms with van der Waals surface area (Å²) in [6, 6.07) is 12.8. The Morgan fingerprint density at radius 2 is 1.84 bits per heavy atom.